The molecule has 1 saturated heterocycles. The number of rotatable bonds is 4. The molecule has 1 aliphatic rings. The van der Waals surface area contributed by atoms with Crippen molar-refractivity contribution in [2.24, 2.45) is 5.92 Å². The van der Waals surface area contributed by atoms with E-state index < -0.39 is 0 Å². The number of carbonyl (C=O) groups excluding carboxylic acids is 1. The fourth-order valence-corrected chi connectivity index (χ4v) is 1.97. The summed E-state index contributed by atoms with van der Waals surface area (Å²) < 4.78 is 5.46. The zero-order chi connectivity index (χ0) is 12.1. The van der Waals surface area contributed by atoms with Crippen molar-refractivity contribution in [2.75, 3.05) is 13.2 Å². The summed E-state index contributed by atoms with van der Waals surface area (Å²) in [5.41, 5.74) is 0. The van der Waals surface area contributed by atoms with Crippen LogP contribution >= 0.6 is 0 Å². The highest BCUT2D eigenvalue weighted by molar-refractivity contribution is 5.81. The minimum atomic E-state index is -0.305. The molecule has 0 aromatic rings. The average molecular weight is 224 g/mol. The first-order chi connectivity index (χ1) is 7.57. The van der Waals surface area contributed by atoms with Gasteiger partial charge in [-0.2, -0.15) is 5.26 Å². The first-order valence-electron chi connectivity index (χ1n) is 5.87. The molecule has 1 rings (SSSR count). The molecule has 2 atom stereocenters. The van der Waals surface area contributed by atoms with Gasteiger partial charge in [0.2, 0.25) is 0 Å². The van der Waals surface area contributed by atoms with E-state index in [2.05, 4.69) is 6.07 Å². The van der Waals surface area contributed by atoms with Crippen LogP contribution in [0.5, 0.6) is 0 Å². The molecule has 0 radical (unpaired) electrons. The van der Waals surface area contributed by atoms with Crippen LogP contribution in [0.15, 0.2) is 0 Å². The van der Waals surface area contributed by atoms with Gasteiger partial charge < -0.3 is 9.64 Å². The Morgan fingerprint density at radius 1 is 1.62 bits per heavy atom. The molecule has 1 aliphatic heterocycles. The van der Waals surface area contributed by atoms with E-state index in [9.17, 15) is 4.79 Å². The highest BCUT2D eigenvalue weighted by atomic mass is 16.5. The van der Waals surface area contributed by atoms with Crippen LogP contribution in [0, 0.1) is 17.2 Å². The summed E-state index contributed by atoms with van der Waals surface area (Å²) in [7, 11) is 0. The molecule has 0 bridgehead atoms. The molecule has 2 unspecified atom stereocenters. The lowest BCUT2D eigenvalue weighted by Gasteiger charge is -2.29. The molecule has 1 heterocycles. The van der Waals surface area contributed by atoms with Crippen LogP contribution in [0.2, 0.25) is 0 Å². The van der Waals surface area contributed by atoms with Crippen molar-refractivity contribution in [3.8, 4) is 6.07 Å². The van der Waals surface area contributed by atoms with Crippen LogP contribution in [0.4, 0.5) is 0 Å². The maximum Gasteiger partial charge on any atom is 0.252 e. The van der Waals surface area contributed by atoms with Crippen molar-refractivity contribution in [2.45, 2.75) is 45.8 Å². The predicted octanol–water partition coefficient (Wildman–Crippen LogP) is 1.56. The molecule has 0 aromatic heterocycles. The van der Waals surface area contributed by atoms with Gasteiger partial charge in [-0.15, -0.1) is 0 Å². The Kier molecular flexibility index (Phi) is 4.75. The predicted molar refractivity (Wildman–Crippen MR) is 60.6 cm³/mol. The summed E-state index contributed by atoms with van der Waals surface area (Å²) >= 11 is 0. The Labute approximate surface area is 97.2 Å². The van der Waals surface area contributed by atoms with Crippen molar-refractivity contribution < 1.29 is 9.53 Å². The van der Waals surface area contributed by atoms with Gasteiger partial charge in [-0.1, -0.05) is 6.92 Å². The van der Waals surface area contributed by atoms with Gasteiger partial charge in [-0.05, 0) is 26.2 Å². The second-order valence-corrected chi connectivity index (χ2v) is 4.59. The Hall–Kier alpha value is -1.08. The SMILES string of the molecule is CC1CCOC1C(=O)N(CCC#N)C(C)C. The Morgan fingerprint density at radius 3 is 2.75 bits per heavy atom. The largest absolute Gasteiger partial charge is 0.368 e. The van der Waals surface area contributed by atoms with Crippen LogP contribution in [-0.2, 0) is 9.53 Å². The number of carbonyl (C=O) groups is 1. The fraction of sp³-hybridized carbons (Fsp3) is 0.833. The van der Waals surface area contributed by atoms with E-state index in [4.69, 9.17) is 10.00 Å². The molecule has 0 aliphatic carbocycles. The van der Waals surface area contributed by atoms with Crippen molar-refractivity contribution in [3.63, 3.8) is 0 Å². The maximum absolute atomic E-state index is 12.2. The third-order valence-corrected chi connectivity index (χ3v) is 3.00. The number of nitriles is 1. The fourth-order valence-electron chi connectivity index (χ4n) is 1.97. The molecule has 4 nitrogen and oxygen atoms in total. The smallest absolute Gasteiger partial charge is 0.252 e. The lowest BCUT2D eigenvalue weighted by atomic mass is 10.0. The third-order valence-electron chi connectivity index (χ3n) is 3.00. The molecule has 0 N–H and O–H groups in total. The lowest BCUT2D eigenvalue weighted by molar-refractivity contribution is -0.144. The summed E-state index contributed by atoms with van der Waals surface area (Å²) in [5.74, 6) is 0.325. The minimum absolute atomic E-state index is 0.0373. The van der Waals surface area contributed by atoms with Crippen LogP contribution in [0.25, 0.3) is 0 Å². The van der Waals surface area contributed by atoms with Gasteiger partial charge >= 0.3 is 0 Å². The van der Waals surface area contributed by atoms with E-state index in [1.165, 1.54) is 0 Å². The zero-order valence-electron chi connectivity index (χ0n) is 10.3. The van der Waals surface area contributed by atoms with Gasteiger partial charge in [0.1, 0.15) is 6.10 Å². The molecule has 0 saturated carbocycles. The number of hydrogen-bond acceptors (Lipinski definition) is 3. The summed E-state index contributed by atoms with van der Waals surface area (Å²) in [4.78, 5) is 13.9. The molecule has 4 heteroatoms. The van der Waals surface area contributed by atoms with E-state index in [0.29, 0.717) is 19.6 Å². The topological polar surface area (TPSA) is 53.3 Å². The van der Waals surface area contributed by atoms with Crippen LogP contribution in [0.3, 0.4) is 0 Å². The van der Waals surface area contributed by atoms with Gasteiger partial charge in [0, 0.05) is 19.2 Å². The zero-order valence-corrected chi connectivity index (χ0v) is 10.3. The number of hydrogen-bond donors (Lipinski definition) is 0. The van der Waals surface area contributed by atoms with E-state index >= 15 is 0 Å². The van der Waals surface area contributed by atoms with E-state index in [1.54, 1.807) is 4.90 Å². The van der Waals surface area contributed by atoms with Crippen LogP contribution < -0.4 is 0 Å². The first-order valence-corrected chi connectivity index (χ1v) is 5.87. The van der Waals surface area contributed by atoms with Gasteiger partial charge in [-0.25, -0.2) is 0 Å². The van der Waals surface area contributed by atoms with Crippen LogP contribution in [-0.4, -0.2) is 36.1 Å². The molecule has 90 valence electrons. The van der Waals surface area contributed by atoms with E-state index in [1.807, 2.05) is 20.8 Å². The van der Waals surface area contributed by atoms with Gasteiger partial charge in [0.05, 0.1) is 12.5 Å². The van der Waals surface area contributed by atoms with E-state index in [0.717, 1.165) is 6.42 Å². The summed E-state index contributed by atoms with van der Waals surface area (Å²) in [5, 5.41) is 8.58. The Morgan fingerprint density at radius 2 is 2.31 bits per heavy atom. The van der Waals surface area contributed by atoms with Crippen molar-refractivity contribution in [1.82, 2.24) is 4.90 Å². The van der Waals surface area contributed by atoms with Crippen molar-refractivity contribution in [3.05, 3.63) is 0 Å². The summed E-state index contributed by atoms with van der Waals surface area (Å²) in [6.07, 6.45) is 1.02. The van der Waals surface area contributed by atoms with Gasteiger partial charge in [0.15, 0.2) is 0 Å². The Balaban J connectivity index is 2.63. The normalized spacial score (nSPS) is 24.4. The molecule has 1 amide bonds. The number of ether oxygens (including phenoxy) is 1. The quantitative estimate of drug-likeness (QED) is 0.728. The maximum atomic E-state index is 12.2. The van der Waals surface area contributed by atoms with Gasteiger partial charge in [-0.3, -0.25) is 4.79 Å². The summed E-state index contributed by atoms with van der Waals surface area (Å²) in [6, 6.07) is 2.20. The second kappa shape index (κ2) is 5.86. The molecular formula is C12H20N2O2. The second-order valence-electron chi connectivity index (χ2n) is 4.59. The standard InChI is InChI=1S/C12H20N2O2/c1-9(2)14(7-4-6-13)12(15)11-10(3)5-8-16-11/h9-11H,4-5,7-8H2,1-3H3. The molecule has 0 aromatic carbocycles. The number of nitrogens with zero attached hydrogens (tertiary/aromatic N) is 2. The minimum Gasteiger partial charge on any atom is -0.368 e. The Bertz CT molecular complexity index is 283. The highest BCUT2D eigenvalue weighted by Crippen LogP contribution is 2.22. The van der Waals surface area contributed by atoms with Gasteiger partial charge in [0.25, 0.3) is 5.91 Å². The average Bonchev–Trinajstić information content (AvgIpc) is 2.64. The molecule has 16 heavy (non-hydrogen) atoms. The molecule has 1 fully saturated rings. The third kappa shape index (κ3) is 2.96. The monoisotopic (exact) mass is 224 g/mol. The lowest BCUT2D eigenvalue weighted by Crippen LogP contribution is -2.45. The summed E-state index contributed by atoms with van der Waals surface area (Å²) in [6.45, 7) is 7.14. The van der Waals surface area contributed by atoms with E-state index in [-0.39, 0.29) is 24.0 Å². The van der Waals surface area contributed by atoms with Crippen molar-refractivity contribution >= 4 is 5.91 Å². The van der Waals surface area contributed by atoms with Crippen molar-refractivity contribution in [1.29, 1.82) is 5.26 Å². The highest BCUT2D eigenvalue weighted by Gasteiger charge is 2.34. The first kappa shape index (κ1) is 13.0. The molecular weight excluding hydrogens is 204 g/mol. The number of amides is 1. The van der Waals surface area contributed by atoms with Crippen LogP contribution in [0.1, 0.15) is 33.6 Å². The molecule has 0 spiro atoms.